The van der Waals surface area contributed by atoms with E-state index in [1.165, 1.54) is 51.7 Å². The van der Waals surface area contributed by atoms with Crippen molar-refractivity contribution in [2.75, 3.05) is 400 Å². The summed E-state index contributed by atoms with van der Waals surface area (Å²) in [6.07, 6.45) is 11.1. The zero-order chi connectivity index (χ0) is 108. The lowest BCUT2D eigenvalue weighted by Crippen LogP contribution is -2.49. The predicted octanol–water partition coefficient (Wildman–Crippen LogP) is 1.20. The molecule has 0 aromatic rings. The second-order valence-corrected chi connectivity index (χ2v) is 37.5. The third-order valence-corrected chi connectivity index (χ3v) is 25.6. The van der Waals surface area contributed by atoms with Crippen molar-refractivity contribution in [3.63, 3.8) is 0 Å². The predicted molar refractivity (Wildman–Crippen MR) is 607 cm³/mol. The minimum Gasteiger partial charge on any atom is -0.463 e. The molecule has 21 N–H and O–H groups in total. The number of likely N-dealkylation sites (tertiary alicyclic amines) is 4. The Bertz CT molecular complexity index is 3380. The number of hydrogen-bond donors (Lipinski definition) is 18. The molecule has 47 nitrogen and oxygen atoms in total. The molecule has 0 aromatic carbocycles. The maximum absolute atomic E-state index is 7.40. The Balaban J connectivity index is 0.000000774. The average molecular weight is 2060 g/mol. The summed E-state index contributed by atoms with van der Waals surface area (Å²) in [5.74, 6) is 10.5. The normalized spacial score (nSPS) is 20.1. The number of guanidine groups is 9. The van der Waals surface area contributed by atoms with Crippen molar-refractivity contribution in [2.45, 2.75) is 146 Å². The van der Waals surface area contributed by atoms with Gasteiger partial charge in [0.2, 0.25) is 0 Å². The van der Waals surface area contributed by atoms with Gasteiger partial charge in [0.05, 0.1) is 82.2 Å². The number of morpholine rings is 1. The van der Waals surface area contributed by atoms with E-state index >= 15 is 0 Å². The molecular formula is C98H210N42O5. The standard InChI is InChI=1S/C8H16N2O.C8H16N2.C7H15N3O.3C7H15N3.C6H14N4.2C6H13N3.C6H12N2O.C6H14N2.2C5H11N3.C5H10N2O.C5H11NO.C4H9N3/c1-7(9)10-5-3-8(11-2)4-6-10;1-7-3-5-10(6-4-7)8(2)9;1-11-6-2-4-10(5-3-6)7(8)9;1-7(8)10-5-3-9(2)4-6-10;1-6-2-4-10(5-3-6)7(8)9;1-4-9(2)7-8-5-6-10(7)3;1-9-2-4-10(5-3-9)6(7)8;1-3-9(2)6-7-4-5-8-6;1-3-7-6-8-4-5-9(6)2;1-3-8(2)6-7-4-5-9-6;1-8-5-2-3-7-4-6-8;1-6-5-7-3-4-8(5)2;2*1-2-6-5-7-3-4-8-5;1-6-2-4-7-5-3-6;1-5-4-6-2-3-7-4/h8-9H,3-6H2,1-2H3;7,9H,3-6H2,1-2H3;6H,2-5H2,1H3,(H3,8,9);8H,3-6H2,1-2H3;6H,2-5H2,1H3,(H3,8,9);4-6H2,1-3H3;2-5H2,1H3,(H3,7,8);2*3-5H2,1-2H3,(H,7,8);3-5H2,1-2H3;7H,2-6H2,1H3;3-4H2,1-2H3,(H,6,7);2-4H2,1H3,(H2,6,7,8);2-4H2,1H3,(H,6,7);2-5H2,1H3;2-3H2,1H3,(H2,5,6,7). The Hall–Kier alpha value is -9.94. The van der Waals surface area contributed by atoms with Crippen molar-refractivity contribution in [3.8, 4) is 0 Å². The molecule has 47 heteroatoms. The van der Waals surface area contributed by atoms with E-state index in [0.29, 0.717) is 29.9 Å². The van der Waals surface area contributed by atoms with Crippen LogP contribution in [0.25, 0.3) is 0 Å². The summed E-state index contributed by atoms with van der Waals surface area (Å²) in [6, 6.07) is 1.49. The van der Waals surface area contributed by atoms with E-state index in [2.05, 4.69) is 244 Å². The number of nitrogens with two attached hydrogens (primary N) is 3. The number of methoxy groups -OCH3 is 2. The summed E-state index contributed by atoms with van der Waals surface area (Å²) in [6.45, 7) is 68.2. The number of piperazine rings is 2. The van der Waals surface area contributed by atoms with Crippen LogP contribution in [0.3, 0.4) is 0 Å². The minimum absolute atomic E-state index is 0.180. The fraction of sp³-hybridized carbons (Fsp3) is 0.857. The highest BCUT2D eigenvalue weighted by molar-refractivity contribution is 5.84. The van der Waals surface area contributed by atoms with Crippen molar-refractivity contribution in [1.82, 2.24) is 126 Å². The second-order valence-electron chi connectivity index (χ2n) is 37.5. The molecule has 0 radical (unpaired) electrons. The monoisotopic (exact) mass is 2060 g/mol. The van der Waals surface area contributed by atoms with Crippen molar-refractivity contribution >= 4 is 83.2 Å². The van der Waals surface area contributed by atoms with Gasteiger partial charge in [0.25, 0.3) is 12.0 Å². The van der Waals surface area contributed by atoms with Crippen LogP contribution in [0.15, 0.2) is 39.9 Å². The number of nitrogens with zero attached hydrogens (tertiary/aromatic N) is 24. The van der Waals surface area contributed by atoms with E-state index in [4.69, 9.17) is 73.3 Å². The first-order chi connectivity index (χ1) is 69.5. The van der Waals surface area contributed by atoms with Gasteiger partial charge in [-0.3, -0.25) is 62.4 Å². The fourth-order valence-electron chi connectivity index (χ4n) is 15.3. The van der Waals surface area contributed by atoms with Gasteiger partial charge in [0.15, 0.2) is 53.6 Å². The number of aliphatic imine (C=N–C) groups is 8. The topological polar surface area (TPSA) is 526 Å². The van der Waals surface area contributed by atoms with Crippen LogP contribution in [-0.2, 0) is 23.7 Å². The van der Waals surface area contributed by atoms with Crippen LogP contribution in [0.1, 0.15) is 134 Å². The second kappa shape index (κ2) is 83.0. The zero-order valence-electron chi connectivity index (χ0n) is 95.2. The summed E-state index contributed by atoms with van der Waals surface area (Å²) in [4.78, 5) is 66.8. The molecule has 16 rings (SSSR count). The highest BCUT2D eigenvalue weighted by Crippen LogP contribution is 2.18. The van der Waals surface area contributed by atoms with Crippen molar-refractivity contribution < 1.29 is 23.7 Å². The molecule has 145 heavy (non-hydrogen) atoms. The Morgan fingerprint density at radius 1 is 0.393 bits per heavy atom. The third-order valence-electron chi connectivity index (χ3n) is 25.6. The molecule has 10 fully saturated rings. The lowest BCUT2D eigenvalue weighted by Gasteiger charge is -2.32. The third kappa shape index (κ3) is 64.0. The van der Waals surface area contributed by atoms with Crippen LogP contribution in [0, 0.1) is 44.3 Å². The Morgan fingerprint density at radius 2 is 0.834 bits per heavy atom. The number of amidine groups is 5. The van der Waals surface area contributed by atoms with Gasteiger partial charge in [0, 0.05) is 293 Å². The Kier molecular flexibility index (Phi) is 76.2. The highest BCUT2D eigenvalue weighted by atomic mass is 16.5. The van der Waals surface area contributed by atoms with Gasteiger partial charge in [-0.25, -0.2) is 9.98 Å². The first kappa shape index (κ1) is 133. The van der Waals surface area contributed by atoms with Gasteiger partial charge in [-0.15, -0.1) is 0 Å². The van der Waals surface area contributed by atoms with Gasteiger partial charge in [0.1, 0.15) is 13.2 Å². The molecule has 0 spiro atoms. The number of piperidine rings is 4. The van der Waals surface area contributed by atoms with Gasteiger partial charge in [-0.05, 0) is 173 Å². The van der Waals surface area contributed by atoms with E-state index in [0.717, 1.165) is 367 Å². The van der Waals surface area contributed by atoms with Gasteiger partial charge in [-0.2, -0.15) is 0 Å². The zero-order valence-corrected chi connectivity index (χ0v) is 95.2. The first-order valence-corrected chi connectivity index (χ1v) is 53.4. The summed E-state index contributed by atoms with van der Waals surface area (Å²) >= 11 is 0. The van der Waals surface area contributed by atoms with E-state index in [9.17, 15) is 0 Å². The first-order valence-electron chi connectivity index (χ1n) is 53.4. The van der Waals surface area contributed by atoms with Gasteiger partial charge >= 0.3 is 0 Å². The molecule has 16 heterocycles. The molecular weight excluding hydrogens is 1850 g/mol. The van der Waals surface area contributed by atoms with Crippen LogP contribution in [0.2, 0.25) is 0 Å². The average Bonchev–Trinajstić information content (AvgIpc) is 1.75. The molecule has 0 aromatic heterocycles. The SMILES string of the molecule is CC(=N)N1CCC(C)CC1.CC(=N)N1CCN(C)CC1.CC1CCN(C(=N)N)CC1.CCN(C)C1=NCCN1.CCN(C)C1=NCCN1C.CCN(C)C1=NCCO1.CCNC1=NCCN1.CCNC1=NCCN1C.CCNC1=NCCO1.CN1CCCNCC1.CN1CCN(C(=N)N)CC1.CN1CCOCC1.CN=C1NCCN1.CN=C1NCCN1C.COC1CCN(C(=N)N)CC1.COC1CCN(C(C)=N)CC1. The van der Waals surface area contributed by atoms with Crippen LogP contribution >= 0.6 is 0 Å². The summed E-state index contributed by atoms with van der Waals surface area (Å²) in [5.41, 5.74) is 15.9. The quantitative estimate of drug-likeness (QED) is 0.120. The number of rotatable bonds is 8. The number of nitrogens with one attached hydrogen (secondary N) is 15. The molecule has 0 bridgehead atoms. The lowest BCUT2D eigenvalue weighted by atomic mass is 9.99. The number of likely N-dealkylation sites (N-methyl/N-ethyl adjacent to an activating group) is 7. The smallest absolute Gasteiger partial charge is 0.287 e. The molecule has 0 atom stereocenters. The van der Waals surface area contributed by atoms with E-state index < -0.39 is 0 Å². The maximum atomic E-state index is 7.40. The molecule has 10 saturated heterocycles. The van der Waals surface area contributed by atoms with Crippen molar-refractivity contribution in [1.29, 1.82) is 32.5 Å². The van der Waals surface area contributed by atoms with Crippen molar-refractivity contribution in [3.05, 3.63) is 0 Å². The van der Waals surface area contributed by atoms with Gasteiger partial charge in [-0.1, -0.05) is 13.8 Å². The highest BCUT2D eigenvalue weighted by Gasteiger charge is 2.24. The van der Waals surface area contributed by atoms with Crippen molar-refractivity contribution in [2.24, 2.45) is 69.0 Å². The Labute approximate surface area is 876 Å². The summed E-state index contributed by atoms with van der Waals surface area (Å²) in [7, 11) is 27.8. The molecule has 842 valence electrons. The van der Waals surface area contributed by atoms with Gasteiger partial charge < -0.3 is 167 Å². The van der Waals surface area contributed by atoms with E-state index in [1.807, 2.05) is 68.4 Å². The minimum atomic E-state index is 0.180. The maximum Gasteiger partial charge on any atom is 0.287 e. The van der Waals surface area contributed by atoms with Crippen LogP contribution in [0.4, 0.5) is 0 Å². The molecule has 0 unspecified atom stereocenters. The van der Waals surface area contributed by atoms with Crippen LogP contribution in [0.5, 0.6) is 0 Å². The number of hydrogen-bond acceptors (Lipinski definition) is 34. The van der Waals surface area contributed by atoms with E-state index in [-0.39, 0.29) is 17.9 Å². The summed E-state index contributed by atoms with van der Waals surface area (Å²) < 4.78 is 25.7. The fourth-order valence-corrected chi connectivity index (χ4v) is 15.3. The lowest BCUT2D eigenvalue weighted by molar-refractivity contribution is 0.0503. The summed E-state index contributed by atoms with van der Waals surface area (Å²) in [5, 5.41) is 71.7. The van der Waals surface area contributed by atoms with Crippen LogP contribution < -0.4 is 65.1 Å². The molecule has 0 amide bonds. The Morgan fingerprint density at radius 3 is 1.20 bits per heavy atom. The number of ether oxygens (including phenoxy) is 5. The van der Waals surface area contributed by atoms with E-state index in [1.54, 1.807) is 28.3 Å². The molecule has 0 saturated carbocycles. The molecule has 16 aliphatic rings. The largest absolute Gasteiger partial charge is 0.463 e. The molecule has 0 aliphatic carbocycles. The molecule has 16 aliphatic heterocycles. The van der Waals surface area contributed by atoms with Crippen LogP contribution in [-0.4, -0.2) is 574 Å².